The van der Waals surface area contributed by atoms with Crippen molar-refractivity contribution >= 4 is 17.7 Å². The number of aromatic nitrogens is 2. The molecule has 2 saturated carbocycles. The van der Waals surface area contributed by atoms with Crippen LogP contribution in [0.15, 0.2) is 6.20 Å². The van der Waals surface area contributed by atoms with Crippen molar-refractivity contribution in [2.45, 2.75) is 101 Å². The fourth-order valence-electron chi connectivity index (χ4n) is 4.51. The van der Waals surface area contributed by atoms with E-state index in [0.29, 0.717) is 50.3 Å². The minimum absolute atomic E-state index is 0.00146. The van der Waals surface area contributed by atoms with Crippen molar-refractivity contribution in [3.05, 3.63) is 11.8 Å². The van der Waals surface area contributed by atoms with E-state index >= 15 is 0 Å². The van der Waals surface area contributed by atoms with E-state index < -0.39 is 17.2 Å². The molecule has 1 heterocycles. The minimum atomic E-state index is -1.08. The Morgan fingerprint density at radius 1 is 1.31 bits per heavy atom. The molecule has 3 rings (SSSR count). The zero-order chi connectivity index (χ0) is 21.3. The molecule has 2 atom stereocenters. The molecule has 2 aliphatic rings. The van der Waals surface area contributed by atoms with Crippen LogP contribution in [0.4, 0.5) is 16.2 Å². The Morgan fingerprint density at radius 3 is 2.59 bits per heavy atom. The van der Waals surface area contributed by atoms with Gasteiger partial charge in [0.15, 0.2) is 0 Å². The van der Waals surface area contributed by atoms with E-state index in [4.69, 9.17) is 5.73 Å². The number of anilines is 2. The third-order valence-electron chi connectivity index (χ3n) is 6.65. The lowest BCUT2D eigenvalue weighted by Crippen LogP contribution is -2.44. The molecule has 0 radical (unpaired) electrons. The maximum atomic E-state index is 14.6. The van der Waals surface area contributed by atoms with Gasteiger partial charge < -0.3 is 21.5 Å². The number of primary amides is 1. The number of aliphatic hydroxyl groups is 1. The first-order valence-electron chi connectivity index (χ1n) is 10.7. The first-order chi connectivity index (χ1) is 13.5. The van der Waals surface area contributed by atoms with Crippen molar-refractivity contribution in [2.24, 2.45) is 5.73 Å². The van der Waals surface area contributed by atoms with Crippen LogP contribution in [-0.4, -0.2) is 43.8 Å². The van der Waals surface area contributed by atoms with E-state index in [-0.39, 0.29) is 17.1 Å². The average Bonchev–Trinajstić information content (AvgIpc) is 2.64. The quantitative estimate of drug-likeness (QED) is 0.574. The highest BCUT2D eigenvalue weighted by atomic mass is 19.1. The maximum absolute atomic E-state index is 14.6. The summed E-state index contributed by atoms with van der Waals surface area (Å²) in [6.07, 6.45) is 7.47. The third-order valence-corrected chi connectivity index (χ3v) is 6.65. The molecule has 8 heteroatoms. The number of halogens is 1. The number of nitrogens with two attached hydrogens (primary N) is 1. The van der Waals surface area contributed by atoms with Crippen molar-refractivity contribution in [3.8, 4) is 0 Å². The van der Waals surface area contributed by atoms with Gasteiger partial charge in [-0.1, -0.05) is 6.92 Å². The summed E-state index contributed by atoms with van der Waals surface area (Å²) in [7, 11) is 0. The van der Waals surface area contributed by atoms with E-state index in [1.165, 1.54) is 6.20 Å². The van der Waals surface area contributed by atoms with Gasteiger partial charge in [0.1, 0.15) is 11.5 Å². The maximum Gasteiger partial charge on any atom is 0.254 e. The SMILES string of the molecule is CCC1(F)CCC(C)(Nc2ncc(C(N)=O)c(NC3CCC[C@](C)(O)C3)n2)CC1. The van der Waals surface area contributed by atoms with Crippen LogP contribution in [0.1, 0.15) is 88.9 Å². The Morgan fingerprint density at radius 2 is 2.00 bits per heavy atom. The standard InChI is InChI=1S/C21H34FN5O2/c1-4-21(22)10-8-19(2,9-11-21)27-18-24-13-15(16(23)28)17(26-18)25-14-6-5-7-20(3,29)12-14/h13-14,29H,4-12H2,1-3H3,(H2,23,28)(H2,24,25,26,27)/t14?,19?,20-,21?/m0/s1. The molecule has 1 unspecified atom stereocenters. The van der Waals surface area contributed by atoms with Crippen molar-refractivity contribution < 1.29 is 14.3 Å². The number of alkyl halides is 1. The zero-order valence-corrected chi connectivity index (χ0v) is 17.7. The van der Waals surface area contributed by atoms with Gasteiger partial charge >= 0.3 is 0 Å². The molecule has 2 fully saturated rings. The summed E-state index contributed by atoms with van der Waals surface area (Å²) in [4.78, 5) is 20.6. The van der Waals surface area contributed by atoms with Crippen LogP contribution in [0.25, 0.3) is 0 Å². The molecule has 1 aromatic rings. The highest BCUT2D eigenvalue weighted by molar-refractivity contribution is 5.97. The smallest absolute Gasteiger partial charge is 0.254 e. The van der Waals surface area contributed by atoms with Gasteiger partial charge in [-0.25, -0.2) is 9.37 Å². The summed E-state index contributed by atoms with van der Waals surface area (Å²) in [6.45, 7) is 5.77. The van der Waals surface area contributed by atoms with Gasteiger partial charge in [-0.15, -0.1) is 0 Å². The summed E-state index contributed by atoms with van der Waals surface area (Å²) in [5.74, 6) is 0.173. The van der Waals surface area contributed by atoms with Crippen molar-refractivity contribution in [1.29, 1.82) is 0 Å². The van der Waals surface area contributed by atoms with Crippen LogP contribution in [-0.2, 0) is 0 Å². The van der Waals surface area contributed by atoms with E-state index in [1.54, 1.807) is 0 Å². The number of nitrogens with one attached hydrogen (secondary N) is 2. The van der Waals surface area contributed by atoms with Crippen molar-refractivity contribution in [2.75, 3.05) is 10.6 Å². The number of hydrogen-bond acceptors (Lipinski definition) is 6. The molecule has 1 aromatic heterocycles. The molecule has 162 valence electrons. The van der Waals surface area contributed by atoms with Gasteiger partial charge in [-0.3, -0.25) is 4.79 Å². The Hall–Kier alpha value is -1.96. The Kier molecular flexibility index (Phi) is 6.03. The van der Waals surface area contributed by atoms with E-state index in [2.05, 4.69) is 27.5 Å². The second-order valence-electron chi connectivity index (χ2n) is 9.44. The van der Waals surface area contributed by atoms with Gasteiger partial charge in [0, 0.05) is 17.8 Å². The lowest BCUT2D eigenvalue weighted by Gasteiger charge is -2.41. The molecule has 0 aromatic carbocycles. The molecule has 0 spiro atoms. The predicted molar refractivity (Wildman–Crippen MR) is 112 cm³/mol. The Labute approximate surface area is 172 Å². The summed E-state index contributed by atoms with van der Waals surface area (Å²) < 4.78 is 14.6. The molecule has 7 nitrogen and oxygen atoms in total. The molecule has 29 heavy (non-hydrogen) atoms. The first kappa shape index (κ1) is 21.7. The van der Waals surface area contributed by atoms with Crippen LogP contribution in [0.5, 0.6) is 0 Å². The number of rotatable bonds is 6. The lowest BCUT2D eigenvalue weighted by atomic mass is 9.75. The van der Waals surface area contributed by atoms with Gasteiger partial charge in [0.05, 0.1) is 11.2 Å². The van der Waals surface area contributed by atoms with Crippen LogP contribution >= 0.6 is 0 Å². The van der Waals surface area contributed by atoms with E-state index in [9.17, 15) is 14.3 Å². The Bertz CT molecular complexity index is 747. The third kappa shape index (κ3) is 5.35. The van der Waals surface area contributed by atoms with E-state index in [0.717, 1.165) is 19.3 Å². The normalized spacial score (nSPS) is 35.1. The van der Waals surface area contributed by atoms with Crippen LogP contribution in [0.2, 0.25) is 0 Å². The second kappa shape index (κ2) is 8.05. The monoisotopic (exact) mass is 407 g/mol. The van der Waals surface area contributed by atoms with Gasteiger partial charge in [0.25, 0.3) is 5.91 Å². The summed E-state index contributed by atoms with van der Waals surface area (Å²) in [5, 5.41) is 17.0. The predicted octanol–water partition coefficient (Wildman–Crippen LogP) is 3.54. The van der Waals surface area contributed by atoms with E-state index in [1.807, 2.05) is 13.8 Å². The van der Waals surface area contributed by atoms with Crippen molar-refractivity contribution in [1.82, 2.24) is 9.97 Å². The van der Waals surface area contributed by atoms with Crippen LogP contribution < -0.4 is 16.4 Å². The molecule has 5 N–H and O–H groups in total. The molecule has 0 saturated heterocycles. The number of hydrogen-bond donors (Lipinski definition) is 4. The summed E-state index contributed by atoms with van der Waals surface area (Å²) >= 11 is 0. The lowest BCUT2D eigenvalue weighted by molar-refractivity contribution is 0.0182. The van der Waals surface area contributed by atoms with Gasteiger partial charge in [-0.05, 0) is 71.6 Å². The average molecular weight is 408 g/mol. The van der Waals surface area contributed by atoms with Crippen LogP contribution in [0, 0.1) is 0 Å². The fraction of sp³-hybridized carbons (Fsp3) is 0.762. The van der Waals surface area contributed by atoms with Crippen molar-refractivity contribution in [3.63, 3.8) is 0 Å². The minimum Gasteiger partial charge on any atom is -0.390 e. The summed E-state index contributed by atoms with van der Waals surface area (Å²) in [5.41, 5.74) is 3.62. The van der Waals surface area contributed by atoms with Gasteiger partial charge in [0.2, 0.25) is 5.95 Å². The molecular weight excluding hydrogens is 373 g/mol. The highest BCUT2D eigenvalue weighted by Crippen LogP contribution is 2.40. The molecule has 1 amide bonds. The largest absolute Gasteiger partial charge is 0.390 e. The fourth-order valence-corrected chi connectivity index (χ4v) is 4.51. The summed E-state index contributed by atoms with van der Waals surface area (Å²) in [6, 6.07) is 0.00146. The second-order valence-corrected chi connectivity index (χ2v) is 9.44. The zero-order valence-electron chi connectivity index (χ0n) is 17.7. The number of amides is 1. The topological polar surface area (TPSA) is 113 Å². The van der Waals surface area contributed by atoms with Gasteiger partial charge in [-0.2, -0.15) is 4.98 Å². The first-order valence-corrected chi connectivity index (χ1v) is 10.7. The van der Waals surface area contributed by atoms with Crippen LogP contribution in [0.3, 0.4) is 0 Å². The number of carbonyl (C=O) groups is 1. The molecular formula is C21H34FN5O2. The molecule has 0 aliphatic heterocycles. The molecule has 0 bridgehead atoms. The Balaban J connectivity index is 1.75. The number of carbonyl (C=O) groups excluding carboxylic acids is 1. The molecule has 2 aliphatic carbocycles. The number of nitrogens with zero attached hydrogens (tertiary/aromatic N) is 2. The highest BCUT2D eigenvalue weighted by Gasteiger charge is 2.40.